The normalized spacial score (nSPS) is 19.0. The highest BCUT2D eigenvalue weighted by atomic mass is 32.2. The van der Waals surface area contributed by atoms with E-state index in [2.05, 4.69) is 28.6 Å². The highest BCUT2D eigenvalue weighted by Crippen LogP contribution is 2.17. The van der Waals surface area contributed by atoms with Gasteiger partial charge in [-0.15, -0.1) is 0 Å². The molecule has 1 aliphatic heterocycles. The summed E-state index contributed by atoms with van der Waals surface area (Å²) in [4.78, 5) is 2.36. The molecule has 1 fully saturated rings. The zero-order valence-corrected chi connectivity index (χ0v) is 14.0. The minimum atomic E-state index is -0.214. The van der Waals surface area contributed by atoms with Gasteiger partial charge in [0.15, 0.2) is 0 Å². The molecule has 1 atom stereocenters. The second-order valence-electron chi connectivity index (χ2n) is 6.02. The van der Waals surface area contributed by atoms with Gasteiger partial charge in [-0.3, -0.25) is 0 Å². The quantitative estimate of drug-likeness (QED) is 0.771. The van der Waals surface area contributed by atoms with Gasteiger partial charge in [0.2, 0.25) is 0 Å². The molecule has 0 aromatic carbocycles. The van der Waals surface area contributed by atoms with Crippen molar-refractivity contribution in [2.45, 2.75) is 38.2 Å². The lowest BCUT2D eigenvalue weighted by Crippen LogP contribution is -2.40. The zero-order chi connectivity index (χ0) is 15.1. The number of aliphatic hydroxyl groups excluding tert-OH is 1. The van der Waals surface area contributed by atoms with Crippen LogP contribution in [0.3, 0.4) is 0 Å². The first-order valence-electron chi connectivity index (χ1n) is 7.85. The minimum absolute atomic E-state index is 0.214. The molecule has 2 N–H and O–H groups in total. The van der Waals surface area contributed by atoms with Crippen molar-refractivity contribution in [2.24, 2.45) is 5.92 Å². The summed E-state index contributed by atoms with van der Waals surface area (Å²) < 4.78 is 5.75. The van der Waals surface area contributed by atoms with E-state index in [1.54, 1.807) is 11.8 Å². The molecule has 0 saturated carbocycles. The Labute approximate surface area is 132 Å². The predicted octanol–water partition coefficient (Wildman–Crippen LogP) is 2.33. The van der Waals surface area contributed by atoms with E-state index in [0.29, 0.717) is 0 Å². The van der Waals surface area contributed by atoms with Gasteiger partial charge in [-0.2, -0.15) is 11.8 Å². The third kappa shape index (κ3) is 6.02. The topological polar surface area (TPSA) is 48.6 Å². The predicted molar refractivity (Wildman–Crippen MR) is 88.5 cm³/mol. The number of thioether (sulfide) groups is 1. The summed E-state index contributed by atoms with van der Waals surface area (Å²) in [6.45, 7) is 6.77. The van der Waals surface area contributed by atoms with Crippen molar-refractivity contribution in [3.63, 3.8) is 0 Å². The standard InChI is InChI=1S/C16H28N2O2S/c1-13(19)11-18-7-5-14(6-8-18)9-17-10-15-3-4-16(20-15)12-21-2/h3-4,13-14,17,19H,5-12H2,1-2H3/t13-/m0/s1. The van der Waals surface area contributed by atoms with E-state index < -0.39 is 0 Å². The largest absolute Gasteiger partial charge is 0.464 e. The number of likely N-dealkylation sites (tertiary alicyclic amines) is 1. The molecule has 1 aliphatic rings. The van der Waals surface area contributed by atoms with E-state index in [4.69, 9.17) is 4.42 Å². The van der Waals surface area contributed by atoms with Gasteiger partial charge in [0.05, 0.1) is 18.4 Å². The summed E-state index contributed by atoms with van der Waals surface area (Å²) in [6.07, 6.45) is 4.31. The van der Waals surface area contributed by atoms with Crippen molar-refractivity contribution in [2.75, 3.05) is 32.4 Å². The number of rotatable bonds is 8. The number of β-amino-alcohol motifs (C(OH)–C–C–N with tert-alkyl or cyclic N) is 1. The SMILES string of the molecule is CSCc1ccc(CNCC2CCN(C[C@H](C)O)CC2)o1. The number of nitrogens with zero attached hydrogens (tertiary/aromatic N) is 1. The van der Waals surface area contributed by atoms with Crippen LogP contribution in [0.15, 0.2) is 16.5 Å². The molecule has 1 aromatic rings. The Hall–Kier alpha value is -0.490. The lowest BCUT2D eigenvalue weighted by Gasteiger charge is -2.32. The average Bonchev–Trinajstić information content (AvgIpc) is 2.88. The smallest absolute Gasteiger partial charge is 0.117 e. The zero-order valence-electron chi connectivity index (χ0n) is 13.2. The first-order chi connectivity index (χ1) is 10.2. The van der Waals surface area contributed by atoms with E-state index in [1.165, 1.54) is 12.8 Å². The highest BCUT2D eigenvalue weighted by molar-refractivity contribution is 7.97. The molecule has 1 aromatic heterocycles. The van der Waals surface area contributed by atoms with E-state index in [0.717, 1.165) is 55.9 Å². The second kappa shape index (κ2) is 8.83. The van der Waals surface area contributed by atoms with Gasteiger partial charge in [-0.1, -0.05) is 0 Å². The Morgan fingerprint density at radius 2 is 2.10 bits per heavy atom. The summed E-state index contributed by atoms with van der Waals surface area (Å²) in [7, 11) is 0. The van der Waals surface area contributed by atoms with Crippen LogP contribution in [-0.2, 0) is 12.3 Å². The maximum absolute atomic E-state index is 9.41. The molecule has 0 aliphatic carbocycles. The lowest BCUT2D eigenvalue weighted by atomic mass is 9.96. The van der Waals surface area contributed by atoms with Crippen LogP contribution in [0, 0.1) is 5.92 Å². The highest BCUT2D eigenvalue weighted by Gasteiger charge is 2.19. The number of aliphatic hydroxyl groups is 1. The Balaban J connectivity index is 1.61. The molecule has 0 unspecified atom stereocenters. The van der Waals surface area contributed by atoms with Crippen molar-refractivity contribution < 1.29 is 9.52 Å². The van der Waals surface area contributed by atoms with E-state index in [9.17, 15) is 5.11 Å². The fourth-order valence-electron chi connectivity index (χ4n) is 2.88. The van der Waals surface area contributed by atoms with Crippen molar-refractivity contribution in [1.82, 2.24) is 10.2 Å². The number of hydrogen-bond donors (Lipinski definition) is 2. The molecule has 2 heterocycles. The van der Waals surface area contributed by atoms with Crippen LogP contribution in [-0.4, -0.2) is 48.5 Å². The number of nitrogens with one attached hydrogen (secondary N) is 1. The molecule has 0 amide bonds. The molecule has 0 bridgehead atoms. The second-order valence-corrected chi connectivity index (χ2v) is 6.89. The van der Waals surface area contributed by atoms with E-state index in [-0.39, 0.29) is 6.10 Å². The molecule has 1 saturated heterocycles. The van der Waals surface area contributed by atoms with Crippen LogP contribution in [0.5, 0.6) is 0 Å². The molecule has 5 heteroatoms. The fraction of sp³-hybridized carbons (Fsp3) is 0.750. The average molecular weight is 312 g/mol. The summed E-state index contributed by atoms with van der Waals surface area (Å²) in [5.74, 6) is 3.79. The Bertz CT molecular complexity index is 401. The van der Waals surface area contributed by atoms with Crippen molar-refractivity contribution in [3.8, 4) is 0 Å². The summed E-state index contributed by atoms with van der Waals surface area (Å²) in [5.41, 5.74) is 0. The van der Waals surface area contributed by atoms with Gasteiger partial charge >= 0.3 is 0 Å². The van der Waals surface area contributed by atoms with Gasteiger partial charge in [0.25, 0.3) is 0 Å². The van der Waals surface area contributed by atoms with Crippen molar-refractivity contribution in [1.29, 1.82) is 0 Å². The molecular weight excluding hydrogens is 284 g/mol. The fourth-order valence-corrected chi connectivity index (χ4v) is 3.32. The maximum Gasteiger partial charge on any atom is 0.117 e. The first kappa shape index (κ1) is 16.9. The maximum atomic E-state index is 9.41. The minimum Gasteiger partial charge on any atom is -0.464 e. The van der Waals surface area contributed by atoms with Gasteiger partial charge in [-0.25, -0.2) is 0 Å². The molecular formula is C16H28N2O2S. The van der Waals surface area contributed by atoms with Crippen LogP contribution in [0.1, 0.15) is 31.3 Å². The van der Waals surface area contributed by atoms with Gasteiger partial charge < -0.3 is 19.7 Å². The molecule has 4 nitrogen and oxygen atoms in total. The monoisotopic (exact) mass is 312 g/mol. The molecule has 0 radical (unpaired) electrons. The molecule has 120 valence electrons. The first-order valence-corrected chi connectivity index (χ1v) is 9.24. The lowest BCUT2D eigenvalue weighted by molar-refractivity contribution is 0.0997. The number of piperidine rings is 1. The third-order valence-corrected chi connectivity index (χ3v) is 4.54. The van der Waals surface area contributed by atoms with Gasteiger partial charge in [-0.05, 0) is 63.7 Å². The summed E-state index contributed by atoms with van der Waals surface area (Å²) in [5, 5.41) is 12.9. The molecule has 2 rings (SSSR count). The van der Waals surface area contributed by atoms with Crippen LogP contribution in [0.25, 0.3) is 0 Å². The number of hydrogen-bond acceptors (Lipinski definition) is 5. The Morgan fingerprint density at radius 3 is 2.76 bits per heavy atom. The Kier molecular flexibility index (Phi) is 7.10. The summed E-state index contributed by atoms with van der Waals surface area (Å²) in [6, 6.07) is 4.14. The van der Waals surface area contributed by atoms with Gasteiger partial charge in [0.1, 0.15) is 11.5 Å². The van der Waals surface area contributed by atoms with Crippen molar-refractivity contribution >= 4 is 11.8 Å². The third-order valence-electron chi connectivity index (χ3n) is 3.97. The number of furan rings is 1. The van der Waals surface area contributed by atoms with Crippen LogP contribution >= 0.6 is 11.8 Å². The van der Waals surface area contributed by atoms with E-state index >= 15 is 0 Å². The van der Waals surface area contributed by atoms with Crippen LogP contribution < -0.4 is 5.32 Å². The van der Waals surface area contributed by atoms with Crippen molar-refractivity contribution in [3.05, 3.63) is 23.7 Å². The summed E-state index contributed by atoms with van der Waals surface area (Å²) >= 11 is 1.78. The van der Waals surface area contributed by atoms with Crippen LogP contribution in [0.4, 0.5) is 0 Å². The Morgan fingerprint density at radius 1 is 1.38 bits per heavy atom. The molecule has 0 spiro atoms. The van der Waals surface area contributed by atoms with E-state index in [1.807, 2.05) is 6.92 Å². The van der Waals surface area contributed by atoms with Crippen LogP contribution in [0.2, 0.25) is 0 Å². The van der Waals surface area contributed by atoms with Gasteiger partial charge in [0, 0.05) is 6.54 Å². The molecule has 21 heavy (non-hydrogen) atoms.